The van der Waals surface area contributed by atoms with Crippen LogP contribution < -0.4 is 19.7 Å². The van der Waals surface area contributed by atoms with Crippen LogP contribution in [-0.2, 0) is 11.3 Å². The number of methoxy groups -OCH3 is 2. The van der Waals surface area contributed by atoms with Crippen molar-refractivity contribution in [3.8, 4) is 11.5 Å². The fourth-order valence-electron chi connectivity index (χ4n) is 3.95. The van der Waals surface area contributed by atoms with Crippen molar-refractivity contribution in [2.24, 2.45) is 0 Å². The lowest BCUT2D eigenvalue weighted by atomic mass is 10.1. The van der Waals surface area contributed by atoms with E-state index in [-0.39, 0.29) is 11.9 Å². The highest BCUT2D eigenvalue weighted by Crippen LogP contribution is 2.31. The number of hydrogen-bond acceptors (Lipinski definition) is 5. The normalized spacial score (nSPS) is 15.0. The predicted octanol–water partition coefficient (Wildman–Crippen LogP) is 4.46. The van der Waals surface area contributed by atoms with Crippen LogP contribution in [0.5, 0.6) is 11.5 Å². The third kappa shape index (κ3) is 5.70. The zero-order valence-corrected chi connectivity index (χ0v) is 19.4. The van der Waals surface area contributed by atoms with Crippen molar-refractivity contribution in [3.63, 3.8) is 0 Å². The number of carbonyl (C=O) groups excluding carboxylic acids is 1. The number of nitrogens with zero attached hydrogens (tertiary/aromatic N) is 2. The van der Waals surface area contributed by atoms with Crippen LogP contribution in [0, 0.1) is 6.92 Å². The second kappa shape index (κ2) is 10.5. The van der Waals surface area contributed by atoms with Gasteiger partial charge in [-0.05, 0) is 87.7 Å². The average molecular weight is 426 g/mol. The number of nitrogens with one attached hydrogen (secondary N) is 1. The van der Waals surface area contributed by atoms with Gasteiger partial charge in [0.15, 0.2) is 11.5 Å². The van der Waals surface area contributed by atoms with Gasteiger partial charge in [-0.3, -0.25) is 9.69 Å². The summed E-state index contributed by atoms with van der Waals surface area (Å²) in [6.07, 6.45) is 3.82. The van der Waals surface area contributed by atoms with Gasteiger partial charge in [0, 0.05) is 31.0 Å². The molecule has 1 fully saturated rings. The van der Waals surface area contributed by atoms with Crippen LogP contribution in [0.4, 0.5) is 11.4 Å². The fourth-order valence-corrected chi connectivity index (χ4v) is 3.95. The first-order valence-electron chi connectivity index (χ1n) is 11.0. The van der Waals surface area contributed by atoms with Crippen LogP contribution in [0.3, 0.4) is 0 Å². The minimum atomic E-state index is -0.283. The van der Waals surface area contributed by atoms with Crippen molar-refractivity contribution in [2.45, 2.75) is 45.7 Å². The Morgan fingerprint density at radius 3 is 2.29 bits per heavy atom. The van der Waals surface area contributed by atoms with Gasteiger partial charge in [-0.2, -0.15) is 0 Å². The molecular formula is C25H35N3O3. The predicted molar refractivity (Wildman–Crippen MR) is 126 cm³/mol. The molecule has 1 heterocycles. The molecule has 1 atom stereocenters. The minimum Gasteiger partial charge on any atom is -0.493 e. The van der Waals surface area contributed by atoms with Crippen molar-refractivity contribution < 1.29 is 14.3 Å². The van der Waals surface area contributed by atoms with Gasteiger partial charge in [0.25, 0.3) is 0 Å². The molecule has 6 heteroatoms. The number of piperidine rings is 1. The maximum atomic E-state index is 12.8. The Morgan fingerprint density at radius 1 is 1.06 bits per heavy atom. The zero-order chi connectivity index (χ0) is 22.4. The molecule has 168 valence electrons. The summed E-state index contributed by atoms with van der Waals surface area (Å²) >= 11 is 0. The number of likely N-dealkylation sites (N-methyl/N-ethyl adjacent to an activating group) is 1. The molecule has 0 saturated carbocycles. The Labute approximate surface area is 186 Å². The van der Waals surface area contributed by atoms with E-state index in [0.29, 0.717) is 18.0 Å². The molecule has 1 aliphatic rings. The molecule has 6 nitrogen and oxygen atoms in total. The van der Waals surface area contributed by atoms with Crippen molar-refractivity contribution >= 4 is 17.3 Å². The average Bonchev–Trinajstić information content (AvgIpc) is 2.80. The van der Waals surface area contributed by atoms with Gasteiger partial charge in [-0.25, -0.2) is 0 Å². The molecule has 1 aliphatic heterocycles. The SMILES string of the molecule is COc1cc(C)c(CN(C)[C@H](C)C(=O)Nc2ccc(N3CCCCC3)cc2)cc1OC. The standard InChI is InChI=1S/C25H35N3O3/c1-18-15-23(30-4)24(31-5)16-20(18)17-27(3)19(2)25(29)26-21-9-11-22(12-10-21)28-13-7-6-8-14-28/h9-12,15-16,19H,6-8,13-14,17H2,1-5H3,(H,26,29)/t19-/m1/s1. The van der Waals surface area contributed by atoms with Gasteiger partial charge < -0.3 is 19.7 Å². The summed E-state index contributed by atoms with van der Waals surface area (Å²) in [6.45, 7) is 6.83. The quantitative estimate of drug-likeness (QED) is 0.677. The van der Waals surface area contributed by atoms with Crippen molar-refractivity contribution in [1.82, 2.24) is 4.90 Å². The van der Waals surface area contributed by atoms with Gasteiger partial charge >= 0.3 is 0 Å². The summed E-state index contributed by atoms with van der Waals surface area (Å²) in [4.78, 5) is 17.3. The van der Waals surface area contributed by atoms with E-state index in [2.05, 4.69) is 22.3 Å². The number of benzene rings is 2. The lowest BCUT2D eigenvalue weighted by Gasteiger charge is -2.29. The van der Waals surface area contributed by atoms with Gasteiger partial charge in [-0.15, -0.1) is 0 Å². The highest BCUT2D eigenvalue weighted by molar-refractivity contribution is 5.94. The van der Waals surface area contributed by atoms with Gasteiger partial charge in [-0.1, -0.05) is 0 Å². The van der Waals surface area contributed by atoms with Crippen molar-refractivity contribution in [2.75, 3.05) is 44.6 Å². The Kier molecular flexibility index (Phi) is 7.80. The summed E-state index contributed by atoms with van der Waals surface area (Å²) in [6, 6.07) is 11.9. The first-order valence-corrected chi connectivity index (χ1v) is 11.0. The Bertz CT molecular complexity index is 876. The largest absolute Gasteiger partial charge is 0.493 e. The third-order valence-electron chi connectivity index (χ3n) is 6.16. The summed E-state index contributed by atoms with van der Waals surface area (Å²) in [5.74, 6) is 1.39. The van der Waals surface area contributed by atoms with Crippen molar-refractivity contribution in [1.29, 1.82) is 0 Å². The monoisotopic (exact) mass is 425 g/mol. The number of aryl methyl sites for hydroxylation is 1. The van der Waals surface area contributed by atoms with E-state index >= 15 is 0 Å². The van der Waals surface area contributed by atoms with E-state index in [1.807, 2.05) is 50.1 Å². The maximum Gasteiger partial charge on any atom is 0.241 e. The van der Waals surface area contributed by atoms with Crippen LogP contribution in [-0.4, -0.2) is 51.2 Å². The summed E-state index contributed by atoms with van der Waals surface area (Å²) in [7, 11) is 5.22. The number of anilines is 2. The summed E-state index contributed by atoms with van der Waals surface area (Å²) in [5, 5.41) is 3.05. The second-order valence-corrected chi connectivity index (χ2v) is 8.31. The lowest BCUT2D eigenvalue weighted by molar-refractivity contribution is -0.120. The molecule has 2 aromatic carbocycles. The van der Waals surface area contributed by atoms with Crippen LogP contribution in [0.25, 0.3) is 0 Å². The molecule has 0 aromatic heterocycles. The van der Waals surface area contributed by atoms with Gasteiger partial charge in [0.1, 0.15) is 0 Å². The molecular weight excluding hydrogens is 390 g/mol. The van der Waals surface area contributed by atoms with Crippen molar-refractivity contribution in [3.05, 3.63) is 47.5 Å². The highest BCUT2D eigenvalue weighted by atomic mass is 16.5. The first kappa shape index (κ1) is 22.9. The number of carbonyl (C=O) groups is 1. The molecule has 0 spiro atoms. The topological polar surface area (TPSA) is 54.0 Å². The number of hydrogen-bond donors (Lipinski definition) is 1. The van der Waals surface area contributed by atoms with E-state index in [9.17, 15) is 4.79 Å². The lowest BCUT2D eigenvalue weighted by Crippen LogP contribution is -2.39. The molecule has 0 radical (unpaired) electrons. The molecule has 1 saturated heterocycles. The first-order chi connectivity index (χ1) is 14.9. The second-order valence-electron chi connectivity index (χ2n) is 8.31. The van der Waals surface area contributed by atoms with E-state index in [1.54, 1.807) is 14.2 Å². The molecule has 3 rings (SSSR count). The Morgan fingerprint density at radius 2 is 1.68 bits per heavy atom. The summed E-state index contributed by atoms with van der Waals surface area (Å²) < 4.78 is 10.8. The van der Waals surface area contributed by atoms with Crippen LogP contribution in [0.15, 0.2) is 36.4 Å². The third-order valence-corrected chi connectivity index (χ3v) is 6.16. The van der Waals surface area contributed by atoms with Gasteiger partial charge in [0.2, 0.25) is 5.91 Å². The Hall–Kier alpha value is -2.73. The molecule has 0 unspecified atom stereocenters. The fraction of sp³-hybridized carbons (Fsp3) is 0.480. The molecule has 2 aromatic rings. The zero-order valence-electron chi connectivity index (χ0n) is 19.4. The Balaban J connectivity index is 1.60. The molecule has 1 amide bonds. The van der Waals surface area contributed by atoms with E-state index in [0.717, 1.165) is 29.9 Å². The maximum absolute atomic E-state index is 12.8. The van der Waals surface area contributed by atoms with Crippen LogP contribution in [0.1, 0.15) is 37.3 Å². The van der Waals surface area contributed by atoms with Crippen LogP contribution >= 0.6 is 0 Å². The molecule has 0 aliphatic carbocycles. The van der Waals surface area contributed by atoms with E-state index in [4.69, 9.17) is 9.47 Å². The smallest absolute Gasteiger partial charge is 0.241 e. The summed E-state index contributed by atoms with van der Waals surface area (Å²) in [5.41, 5.74) is 4.26. The van der Waals surface area contributed by atoms with E-state index < -0.39 is 0 Å². The molecule has 31 heavy (non-hydrogen) atoms. The number of rotatable bonds is 8. The number of ether oxygens (including phenoxy) is 2. The van der Waals surface area contributed by atoms with Crippen LogP contribution in [0.2, 0.25) is 0 Å². The van der Waals surface area contributed by atoms with Gasteiger partial charge in [0.05, 0.1) is 20.3 Å². The minimum absolute atomic E-state index is 0.0219. The number of amides is 1. The highest BCUT2D eigenvalue weighted by Gasteiger charge is 2.20. The molecule has 0 bridgehead atoms. The van der Waals surface area contributed by atoms with E-state index in [1.165, 1.54) is 24.9 Å². The molecule has 1 N–H and O–H groups in total.